The van der Waals surface area contributed by atoms with Crippen molar-refractivity contribution in [3.8, 4) is 0 Å². The van der Waals surface area contributed by atoms with Gasteiger partial charge in [-0.3, -0.25) is 4.99 Å². The van der Waals surface area contributed by atoms with E-state index >= 15 is 0 Å². The van der Waals surface area contributed by atoms with Gasteiger partial charge in [0.2, 0.25) is 0 Å². The second-order valence-electron chi connectivity index (χ2n) is 8.31. The number of hydrogen-bond donors (Lipinski definition) is 1. The first-order chi connectivity index (χ1) is 15.4. The summed E-state index contributed by atoms with van der Waals surface area (Å²) in [6, 6.07) is 16.0. The third-order valence-corrected chi connectivity index (χ3v) is 6.11. The number of aromatic amines is 1. The molecule has 4 heteroatoms. The highest BCUT2D eigenvalue weighted by molar-refractivity contribution is 5.98. The van der Waals surface area contributed by atoms with Crippen LogP contribution in [0.15, 0.2) is 65.8 Å². The molecule has 0 unspecified atom stereocenters. The molecule has 0 bridgehead atoms. The standard InChI is InChI=1S/C28H28F2N2/c1-4-22-9-10-27-28(18(22)2)24(17-32-27)11-12-31-19(3)23-7-5-20(6-8-23)13-21-14-25(29)16-26(30)15-21/h5-10,14-17,32H,4,11-13H2,1-3H3. The van der Waals surface area contributed by atoms with Crippen molar-refractivity contribution < 1.29 is 8.78 Å². The molecule has 0 fully saturated rings. The molecule has 0 saturated heterocycles. The van der Waals surface area contributed by atoms with Crippen LogP contribution in [0.1, 0.15) is 47.2 Å². The molecule has 0 atom stereocenters. The molecule has 0 aliphatic carbocycles. The van der Waals surface area contributed by atoms with E-state index in [1.54, 1.807) is 0 Å². The SMILES string of the molecule is CCc1ccc2[nH]cc(CCN=C(C)c3ccc(Cc4cc(F)cc(F)c4)cc3)c2c1C. The van der Waals surface area contributed by atoms with Crippen molar-refractivity contribution in [1.82, 2.24) is 4.98 Å². The molecule has 0 amide bonds. The van der Waals surface area contributed by atoms with E-state index in [-0.39, 0.29) is 0 Å². The number of nitrogens with zero attached hydrogens (tertiary/aromatic N) is 1. The summed E-state index contributed by atoms with van der Waals surface area (Å²) in [6.07, 6.45) is 4.51. The third kappa shape index (κ3) is 4.80. The van der Waals surface area contributed by atoms with E-state index in [4.69, 9.17) is 4.99 Å². The van der Waals surface area contributed by atoms with Crippen molar-refractivity contribution in [3.63, 3.8) is 0 Å². The predicted octanol–water partition coefficient (Wildman–Crippen LogP) is 6.96. The van der Waals surface area contributed by atoms with Gasteiger partial charge in [0.25, 0.3) is 0 Å². The molecule has 0 aliphatic rings. The van der Waals surface area contributed by atoms with E-state index in [0.717, 1.165) is 42.3 Å². The molecule has 32 heavy (non-hydrogen) atoms. The first-order valence-electron chi connectivity index (χ1n) is 11.1. The Hall–Kier alpha value is -3.27. The quantitative estimate of drug-likeness (QED) is 0.307. The van der Waals surface area contributed by atoms with Crippen molar-refractivity contribution in [3.05, 3.63) is 106 Å². The lowest BCUT2D eigenvalue weighted by atomic mass is 9.99. The van der Waals surface area contributed by atoms with Crippen LogP contribution in [-0.2, 0) is 19.3 Å². The molecular formula is C28H28F2N2. The number of fused-ring (bicyclic) bond motifs is 1. The largest absolute Gasteiger partial charge is 0.361 e. The van der Waals surface area contributed by atoms with E-state index in [2.05, 4.69) is 37.2 Å². The van der Waals surface area contributed by atoms with Crippen LogP contribution in [0.5, 0.6) is 0 Å². The fourth-order valence-electron chi connectivity index (χ4n) is 4.35. The Bertz CT molecular complexity index is 1250. The number of aliphatic imine (C=N–C) groups is 1. The topological polar surface area (TPSA) is 28.1 Å². The molecule has 1 aromatic heterocycles. The number of hydrogen-bond acceptors (Lipinski definition) is 1. The fourth-order valence-corrected chi connectivity index (χ4v) is 4.35. The van der Waals surface area contributed by atoms with Gasteiger partial charge in [0.15, 0.2) is 0 Å². The van der Waals surface area contributed by atoms with Crippen LogP contribution < -0.4 is 0 Å². The van der Waals surface area contributed by atoms with Gasteiger partial charge in [-0.1, -0.05) is 37.3 Å². The Morgan fingerprint density at radius 3 is 2.31 bits per heavy atom. The first kappa shape index (κ1) is 21.9. The summed E-state index contributed by atoms with van der Waals surface area (Å²) in [5.41, 5.74) is 8.91. The summed E-state index contributed by atoms with van der Waals surface area (Å²) in [7, 11) is 0. The van der Waals surface area contributed by atoms with Gasteiger partial charge in [-0.25, -0.2) is 8.78 Å². The molecule has 164 valence electrons. The minimum atomic E-state index is -0.545. The number of H-pyrrole nitrogens is 1. The summed E-state index contributed by atoms with van der Waals surface area (Å²) >= 11 is 0. The van der Waals surface area contributed by atoms with Gasteiger partial charge in [0.1, 0.15) is 11.6 Å². The first-order valence-corrected chi connectivity index (χ1v) is 11.1. The number of nitrogens with one attached hydrogen (secondary N) is 1. The highest BCUT2D eigenvalue weighted by Crippen LogP contribution is 2.26. The normalized spacial score (nSPS) is 12.0. The summed E-state index contributed by atoms with van der Waals surface area (Å²) in [6.45, 7) is 7.13. The number of benzene rings is 3. The lowest BCUT2D eigenvalue weighted by Gasteiger charge is -2.07. The van der Waals surface area contributed by atoms with Crippen molar-refractivity contribution in [2.75, 3.05) is 6.54 Å². The molecule has 3 aromatic carbocycles. The van der Waals surface area contributed by atoms with Crippen LogP contribution >= 0.6 is 0 Å². The summed E-state index contributed by atoms with van der Waals surface area (Å²) in [5.74, 6) is -1.09. The van der Waals surface area contributed by atoms with Crippen molar-refractivity contribution in [2.45, 2.75) is 40.0 Å². The summed E-state index contributed by atoms with van der Waals surface area (Å²) in [4.78, 5) is 8.18. The van der Waals surface area contributed by atoms with Crippen LogP contribution in [0.25, 0.3) is 10.9 Å². The van der Waals surface area contributed by atoms with E-state index < -0.39 is 11.6 Å². The van der Waals surface area contributed by atoms with Gasteiger partial charge in [0, 0.05) is 35.4 Å². The minimum Gasteiger partial charge on any atom is -0.361 e. The highest BCUT2D eigenvalue weighted by atomic mass is 19.1. The lowest BCUT2D eigenvalue weighted by molar-refractivity contribution is 0.580. The zero-order valence-corrected chi connectivity index (χ0v) is 18.8. The van der Waals surface area contributed by atoms with Gasteiger partial charge in [-0.2, -0.15) is 0 Å². The van der Waals surface area contributed by atoms with Crippen molar-refractivity contribution >= 4 is 16.6 Å². The molecule has 0 saturated carbocycles. The molecule has 0 spiro atoms. The third-order valence-electron chi connectivity index (χ3n) is 6.11. The minimum absolute atomic E-state index is 0.491. The Balaban J connectivity index is 1.43. The molecule has 2 nitrogen and oxygen atoms in total. The maximum atomic E-state index is 13.4. The van der Waals surface area contributed by atoms with E-state index in [9.17, 15) is 8.78 Å². The van der Waals surface area contributed by atoms with Gasteiger partial charge in [-0.05, 0) is 84.7 Å². The smallest absolute Gasteiger partial charge is 0.126 e. The Morgan fingerprint density at radius 1 is 0.906 bits per heavy atom. The van der Waals surface area contributed by atoms with Crippen LogP contribution in [0.4, 0.5) is 8.78 Å². The second-order valence-corrected chi connectivity index (χ2v) is 8.31. The number of halogens is 2. The average molecular weight is 431 g/mol. The number of rotatable bonds is 7. The van der Waals surface area contributed by atoms with E-state index in [1.165, 1.54) is 39.7 Å². The predicted molar refractivity (Wildman–Crippen MR) is 129 cm³/mol. The Kier molecular flexibility index (Phi) is 6.50. The monoisotopic (exact) mass is 430 g/mol. The molecule has 0 aliphatic heterocycles. The van der Waals surface area contributed by atoms with E-state index in [0.29, 0.717) is 12.0 Å². The molecule has 1 heterocycles. The maximum absolute atomic E-state index is 13.4. The van der Waals surface area contributed by atoms with Gasteiger partial charge in [0.05, 0.1) is 0 Å². The number of aromatic nitrogens is 1. The molecule has 1 N–H and O–H groups in total. The molecule has 0 radical (unpaired) electrons. The Morgan fingerprint density at radius 2 is 1.62 bits per heavy atom. The van der Waals surface area contributed by atoms with Gasteiger partial charge >= 0.3 is 0 Å². The van der Waals surface area contributed by atoms with Gasteiger partial charge in [-0.15, -0.1) is 0 Å². The summed E-state index contributed by atoms with van der Waals surface area (Å²) < 4.78 is 26.8. The maximum Gasteiger partial charge on any atom is 0.126 e. The number of aryl methyl sites for hydroxylation is 2. The average Bonchev–Trinajstić information content (AvgIpc) is 3.17. The van der Waals surface area contributed by atoms with Crippen LogP contribution in [0.3, 0.4) is 0 Å². The Labute approximate surface area is 188 Å². The van der Waals surface area contributed by atoms with Crippen LogP contribution in [0.2, 0.25) is 0 Å². The lowest BCUT2D eigenvalue weighted by Crippen LogP contribution is -1.99. The van der Waals surface area contributed by atoms with Crippen LogP contribution in [-0.4, -0.2) is 17.2 Å². The van der Waals surface area contributed by atoms with Crippen LogP contribution in [0, 0.1) is 18.6 Å². The zero-order valence-electron chi connectivity index (χ0n) is 18.8. The second kappa shape index (κ2) is 9.47. The molecular weight excluding hydrogens is 402 g/mol. The fraction of sp³-hybridized carbons (Fsp3) is 0.250. The van der Waals surface area contributed by atoms with Gasteiger partial charge < -0.3 is 4.98 Å². The highest BCUT2D eigenvalue weighted by Gasteiger charge is 2.09. The van der Waals surface area contributed by atoms with E-state index in [1.807, 2.05) is 31.2 Å². The van der Waals surface area contributed by atoms with Crippen molar-refractivity contribution in [1.29, 1.82) is 0 Å². The van der Waals surface area contributed by atoms with Crippen molar-refractivity contribution in [2.24, 2.45) is 4.99 Å². The molecule has 4 rings (SSSR count). The summed E-state index contributed by atoms with van der Waals surface area (Å²) in [5, 5.41) is 1.33. The zero-order chi connectivity index (χ0) is 22.7. The molecule has 4 aromatic rings.